The molecule has 0 aliphatic carbocycles. The summed E-state index contributed by atoms with van der Waals surface area (Å²) in [5.74, 6) is -0.622. The molecule has 1 aromatic rings. The molecule has 0 amide bonds. The SMILES string of the molecule is O=Cc1c[nH]c(C(=O)C(=O)I)c1. The Kier molecular flexibility index (Phi) is 2.74. The fraction of sp³-hybridized carbons (Fsp3) is 0. The minimum Gasteiger partial charge on any atom is -0.358 e. The first-order valence-electron chi connectivity index (χ1n) is 3.03. The molecule has 1 N–H and O–H groups in total. The van der Waals surface area contributed by atoms with Crippen molar-refractivity contribution in [3.05, 3.63) is 23.5 Å². The van der Waals surface area contributed by atoms with Crippen LogP contribution in [0.5, 0.6) is 0 Å². The van der Waals surface area contributed by atoms with Gasteiger partial charge in [0, 0.05) is 34.4 Å². The summed E-state index contributed by atoms with van der Waals surface area (Å²) in [5, 5.41) is 0. The van der Waals surface area contributed by atoms with Gasteiger partial charge in [0.25, 0.3) is 9.57 Å². The Hall–Kier alpha value is -0.980. The molecule has 0 atom stereocenters. The van der Waals surface area contributed by atoms with Crippen molar-refractivity contribution in [2.45, 2.75) is 0 Å². The normalized spacial score (nSPS) is 9.42. The molecule has 0 saturated heterocycles. The quantitative estimate of drug-likeness (QED) is 0.294. The number of Topliss-reactive ketones (excluding diaryl/α,β-unsaturated/α-hetero) is 1. The second-order valence-electron chi connectivity index (χ2n) is 2.07. The average Bonchev–Trinajstić information content (AvgIpc) is 2.50. The Bertz CT molecular complexity index is 342. The first-order chi connectivity index (χ1) is 5.65. The summed E-state index contributed by atoms with van der Waals surface area (Å²) in [7, 11) is 0. The zero-order chi connectivity index (χ0) is 9.14. The molecule has 0 fully saturated rings. The molecule has 0 saturated carbocycles. The molecule has 1 heterocycles. The largest absolute Gasteiger partial charge is 0.358 e. The number of hydrogen-bond acceptors (Lipinski definition) is 3. The average molecular weight is 277 g/mol. The van der Waals surface area contributed by atoms with E-state index in [4.69, 9.17) is 0 Å². The van der Waals surface area contributed by atoms with Crippen LogP contribution in [0.4, 0.5) is 0 Å². The van der Waals surface area contributed by atoms with E-state index in [2.05, 4.69) is 4.98 Å². The van der Waals surface area contributed by atoms with Gasteiger partial charge in [0.1, 0.15) is 0 Å². The molecule has 5 heteroatoms. The van der Waals surface area contributed by atoms with Crippen LogP contribution in [0.3, 0.4) is 0 Å². The van der Waals surface area contributed by atoms with Gasteiger partial charge in [-0.05, 0) is 6.07 Å². The Morgan fingerprint density at radius 1 is 1.50 bits per heavy atom. The number of hydrogen-bond donors (Lipinski definition) is 1. The van der Waals surface area contributed by atoms with Crippen molar-refractivity contribution in [1.29, 1.82) is 0 Å². The number of nitrogens with one attached hydrogen (secondary N) is 1. The number of aromatic nitrogens is 1. The van der Waals surface area contributed by atoms with E-state index < -0.39 is 9.57 Å². The van der Waals surface area contributed by atoms with E-state index in [9.17, 15) is 14.4 Å². The van der Waals surface area contributed by atoms with Crippen LogP contribution < -0.4 is 0 Å². The molecular weight excluding hydrogens is 273 g/mol. The van der Waals surface area contributed by atoms with Crippen LogP contribution in [0.15, 0.2) is 12.3 Å². The van der Waals surface area contributed by atoms with Gasteiger partial charge < -0.3 is 4.98 Å². The molecule has 0 aliphatic rings. The lowest BCUT2D eigenvalue weighted by atomic mass is 10.3. The van der Waals surface area contributed by atoms with E-state index in [0.717, 1.165) is 0 Å². The van der Waals surface area contributed by atoms with Gasteiger partial charge in [-0.15, -0.1) is 0 Å². The maximum Gasteiger partial charge on any atom is 0.264 e. The lowest BCUT2D eigenvalue weighted by molar-refractivity contribution is -0.106. The minimum absolute atomic E-state index is 0.150. The van der Waals surface area contributed by atoms with Crippen LogP contribution in [-0.4, -0.2) is 20.8 Å². The van der Waals surface area contributed by atoms with Crippen LogP contribution in [0.1, 0.15) is 20.8 Å². The molecule has 0 radical (unpaired) electrons. The van der Waals surface area contributed by atoms with Crippen molar-refractivity contribution in [3.63, 3.8) is 0 Å². The van der Waals surface area contributed by atoms with E-state index in [1.54, 1.807) is 0 Å². The number of rotatable bonds is 3. The van der Waals surface area contributed by atoms with Crippen molar-refractivity contribution in [1.82, 2.24) is 4.98 Å². The zero-order valence-corrected chi connectivity index (χ0v) is 7.99. The van der Waals surface area contributed by atoms with Crippen LogP contribution in [0.2, 0.25) is 0 Å². The molecule has 0 aromatic carbocycles. The smallest absolute Gasteiger partial charge is 0.264 e. The summed E-state index contributed by atoms with van der Waals surface area (Å²) in [5.41, 5.74) is 0.507. The minimum atomic E-state index is -0.622. The molecule has 62 valence electrons. The molecule has 0 aliphatic heterocycles. The fourth-order valence-electron chi connectivity index (χ4n) is 0.716. The molecule has 4 nitrogen and oxygen atoms in total. The number of aldehydes is 1. The monoisotopic (exact) mass is 277 g/mol. The van der Waals surface area contributed by atoms with E-state index in [1.807, 2.05) is 0 Å². The Balaban J connectivity index is 2.96. The molecule has 1 aromatic heterocycles. The molecular formula is C7H4INO3. The molecule has 0 spiro atoms. The third-order valence-electron chi connectivity index (χ3n) is 1.26. The topological polar surface area (TPSA) is 67.0 Å². The summed E-state index contributed by atoms with van der Waals surface area (Å²) < 4.78 is -0.577. The molecule has 12 heavy (non-hydrogen) atoms. The van der Waals surface area contributed by atoms with Crippen LogP contribution in [0.25, 0.3) is 0 Å². The van der Waals surface area contributed by atoms with Crippen LogP contribution >= 0.6 is 22.6 Å². The number of carbonyl (C=O) groups is 3. The number of H-pyrrole nitrogens is 1. The fourth-order valence-corrected chi connectivity index (χ4v) is 1.01. The van der Waals surface area contributed by atoms with Gasteiger partial charge >= 0.3 is 0 Å². The van der Waals surface area contributed by atoms with E-state index in [0.29, 0.717) is 11.8 Å². The van der Waals surface area contributed by atoms with Gasteiger partial charge in [-0.2, -0.15) is 0 Å². The second kappa shape index (κ2) is 3.61. The summed E-state index contributed by atoms with van der Waals surface area (Å²) in [6, 6.07) is 1.34. The van der Waals surface area contributed by atoms with Crippen LogP contribution in [-0.2, 0) is 4.79 Å². The van der Waals surface area contributed by atoms with Crippen molar-refractivity contribution in [2.24, 2.45) is 0 Å². The van der Waals surface area contributed by atoms with Gasteiger partial charge in [0.05, 0.1) is 5.69 Å². The number of halogens is 1. The second-order valence-corrected chi connectivity index (χ2v) is 3.05. The first-order valence-corrected chi connectivity index (χ1v) is 4.11. The van der Waals surface area contributed by atoms with Crippen molar-refractivity contribution < 1.29 is 14.4 Å². The van der Waals surface area contributed by atoms with Gasteiger partial charge in [-0.25, -0.2) is 0 Å². The molecule has 1 rings (SSSR count). The molecule has 0 bridgehead atoms. The van der Waals surface area contributed by atoms with Crippen molar-refractivity contribution in [2.75, 3.05) is 0 Å². The maximum atomic E-state index is 11.0. The van der Waals surface area contributed by atoms with Gasteiger partial charge in [0.15, 0.2) is 6.29 Å². The standard InChI is InChI=1S/C7H4INO3/c8-7(12)6(11)5-1-4(3-10)2-9-5/h1-3,9H. The third kappa shape index (κ3) is 1.79. The van der Waals surface area contributed by atoms with Crippen LogP contribution in [0, 0.1) is 0 Å². The Morgan fingerprint density at radius 3 is 2.58 bits per heavy atom. The lowest BCUT2D eigenvalue weighted by Gasteiger charge is -1.86. The van der Waals surface area contributed by atoms with E-state index >= 15 is 0 Å². The number of ketones is 1. The summed E-state index contributed by atoms with van der Waals surface area (Å²) >= 11 is 1.40. The number of carbonyl (C=O) groups excluding carboxylic acids is 3. The van der Waals surface area contributed by atoms with Crippen molar-refractivity contribution in [3.8, 4) is 0 Å². The highest BCUT2D eigenvalue weighted by Crippen LogP contribution is 2.04. The summed E-state index contributed by atoms with van der Waals surface area (Å²) in [4.78, 5) is 34.3. The highest BCUT2D eigenvalue weighted by molar-refractivity contribution is 14.1. The van der Waals surface area contributed by atoms with Gasteiger partial charge in [-0.3, -0.25) is 14.4 Å². The van der Waals surface area contributed by atoms with Gasteiger partial charge in [0.2, 0.25) is 0 Å². The van der Waals surface area contributed by atoms with E-state index in [1.165, 1.54) is 34.9 Å². The highest BCUT2D eigenvalue weighted by Gasteiger charge is 2.14. The highest BCUT2D eigenvalue weighted by atomic mass is 127. The first kappa shape index (κ1) is 9.11. The molecule has 0 unspecified atom stereocenters. The Morgan fingerprint density at radius 2 is 2.17 bits per heavy atom. The number of aromatic amines is 1. The van der Waals surface area contributed by atoms with Crippen molar-refractivity contribution >= 4 is 38.5 Å². The predicted octanol–water partition coefficient (Wildman–Crippen LogP) is 0.972. The van der Waals surface area contributed by atoms with Gasteiger partial charge in [-0.1, -0.05) is 0 Å². The van der Waals surface area contributed by atoms with E-state index in [-0.39, 0.29) is 5.69 Å². The maximum absolute atomic E-state index is 11.0. The summed E-state index contributed by atoms with van der Waals surface area (Å²) in [6.45, 7) is 0. The third-order valence-corrected chi connectivity index (χ3v) is 1.75. The summed E-state index contributed by atoms with van der Waals surface area (Å²) in [6.07, 6.45) is 1.98. The predicted molar refractivity (Wildman–Crippen MR) is 49.5 cm³/mol. The zero-order valence-electron chi connectivity index (χ0n) is 5.83. The lowest BCUT2D eigenvalue weighted by Crippen LogP contribution is -2.06. The Labute approximate surface area is 81.5 Å².